The molecule has 1 saturated heterocycles. The van der Waals surface area contributed by atoms with Crippen LogP contribution >= 0.6 is 0 Å². The molecule has 1 aliphatic heterocycles. The van der Waals surface area contributed by atoms with Gasteiger partial charge in [0.2, 0.25) is 5.91 Å². The number of amides is 1. The second-order valence-electron chi connectivity index (χ2n) is 5.47. The normalized spacial score (nSPS) is 20.6. The summed E-state index contributed by atoms with van der Waals surface area (Å²) in [5.74, 6) is 0.348. The van der Waals surface area contributed by atoms with Gasteiger partial charge in [0.25, 0.3) is 0 Å². The summed E-state index contributed by atoms with van der Waals surface area (Å²) < 4.78 is 4.80. The lowest BCUT2D eigenvalue weighted by Gasteiger charge is -2.37. The molecule has 19 heavy (non-hydrogen) atoms. The van der Waals surface area contributed by atoms with E-state index in [1.807, 2.05) is 6.92 Å². The third-order valence-electron chi connectivity index (χ3n) is 4.16. The minimum atomic E-state index is -0.145. The van der Waals surface area contributed by atoms with Gasteiger partial charge in [0.05, 0.1) is 13.0 Å². The van der Waals surface area contributed by atoms with Gasteiger partial charge in [0.1, 0.15) is 0 Å². The molecule has 0 spiro atoms. The highest BCUT2D eigenvalue weighted by atomic mass is 16.5. The third-order valence-corrected chi connectivity index (χ3v) is 4.16. The lowest BCUT2D eigenvalue weighted by Crippen LogP contribution is -2.46. The maximum atomic E-state index is 11.5. The van der Waals surface area contributed by atoms with Gasteiger partial charge in [0.15, 0.2) is 0 Å². The average Bonchev–Trinajstić information content (AvgIpc) is 2.43. The van der Waals surface area contributed by atoms with Crippen molar-refractivity contribution in [1.82, 2.24) is 10.2 Å². The van der Waals surface area contributed by atoms with Gasteiger partial charge in [-0.3, -0.25) is 14.5 Å². The Morgan fingerprint density at radius 1 is 1.32 bits per heavy atom. The first kappa shape index (κ1) is 16.0. The molecule has 1 amide bonds. The highest BCUT2D eigenvalue weighted by molar-refractivity contribution is 5.73. The van der Waals surface area contributed by atoms with Gasteiger partial charge in [-0.2, -0.15) is 0 Å². The SMILES string of the molecule is COC(=O)C(C)C(C)N1CCC(CNC(C)=O)CC1. The standard InChI is InChI=1S/C14H26N2O3/c1-10(14(18)19-4)11(2)16-7-5-13(6-8-16)9-15-12(3)17/h10-11,13H,5-9H2,1-4H3,(H,15,17). The molecular weight excluding hydrogens is 244 g/mol. The minimum Gasteiger partial charge on any atom is -0.469 e. The Bertz CT molecular complexity index is 312. The zero-order valence-electron chi connectivity index (χ0n) is 12.4. The Morgan fingerprint density at radius 2 is 1.89 bits per heavy atom. The smallest absolute Gasteiger partial charge is 0.309 e. The molecule has 110 valence electrons. The van der Waals surface area contributed by atoms with Crippen LogP contribution in [-0.2, 0) is 14.3 Å². The summed E-state index contributed by atoms with van der Waals surface area (Å²) in [7, 11) is 1.44. The number of hydrogen-bond acceptors (Lipinski definition) is 4. The Balaban J connectivity index is 2.36. The monoisotopic (exact) mass is 270 g/mol. The highest BCUT2D eigenvalue weighted by Gasteiger charge is 2.29. The van der Waals surface area contributed by atoms with Crippen LogP contribution in [0.4, 0.5) is 0 Å². The number of esters is 1. The number of carbonyl (C=O) groups excluding carboxylic acids is 2. The van der Waals surface area contributed by atoms with Crippen molar-refractivity contribution in [2.45, 2.75) is 39.7 Å². The van der Waals surface area contributed by atoms with E-state index in [1.54, 1.807) is 6.92 Å². The lowest BCUT2D eigenvalue weighted by molar-refractivity contribution is -0.147. The van der Waals surface area contributed by atoms with Crippen LogP contribution in [0.2, 0.25) is 0 Å². The van der Waals surface area contributed by atoms with Gasteiger partial charge >= 0.3 is 5.97 Å². The summed E-state index contributed by atoms with van der Waals surface area (Å²) in [5, 5.41) is 2.88. The van der Waals surface area contributed by atoms with E-state index < -0.39 is 0 Å². The van der Waals surface area contributed by atoms with E-state index in [2.05, 4.69) is 17.1 Å². The van der Waals surface area contributed by atoms with Crippen LogP contribution in [0, 0.1) is 11.8 Å². The fraction of sp³-hybridized carbons (Fsp3) is 0.857. The van der Waals surface area contributed by atoms with Crippen molar-refractivity contribution in [1.29, 1.82) is 0 Å². The number of rotatable bonds is 5. The van der Waals surface area contributed by atoms with Gasteiger partial charge in [-0.15, -0.1) is 0 Å². The molecule has 1 N–H and O–H groups in total. The van der Waals surface area contributed by atoms with E-state index in [-0.39, 0.29) is 23.8 Å². The van der Waals surface area contributed by atoms with Gasteiger partial charge in [-0.05, 0) is 38.8 Å². The van der Waals surface area contributed by atoms with Crippen molar-refractivity contribution >= 4 is 11.9 Å². The summed E-state index contributed by atoms with van der Waals surface area (Å²) >= 11 is 0. The van der Waals surface area contributed by atoms with Gasteiger partial charge < -0.3 is 10.1 Å². The number of nitrogens with one attached hydrogen (secondary N) is 1. The fourth-order valence-electron chi connectivity index (χ4n) is 2.55. The first-order valence-corrected chi connectivity index (χ1v) is 7.02. The molecule has 0 aromatic carbocycles. The number of carbonyl (C=O) groups is 2. The fourth-order valence-corrected chi connectivity index (χ4v) is 2.55. The zero-order valence-corrected chi connectivity index (χ0v) is 12.4. The Morgan fingerprint density at radius 3 is 2.37 bits per heavy atom. The summed E-state index contributed by atoms with van der Waals surface area (Å²) in [6.45, 7) is 8.27. The first-order valence-electron chi connectivity index (χ1n) is 7.02. The van der Waals surface area contributed by atoms with E-state index in [4.69, 9.17) is 4.74 Å². The molecule has 2 unspecified atom stereocenters. The summed E-state index contributed by atoms with van der Waals surface area (Å²) in [6, 6.07) is 0.203. The van der Waals surface area contributed by atoms with Crippen LogP contribution in [0.15, 0.2) is 0 Å². The van der Waals surface area contributed by atoms with Gasteiger partial charge in [-0.1, -0.05) is 6.92 Å². The molecule has 0 bridgehead atoms. The molecule has 0 aliphatic carbocycles. The number of ether oxygens (including phenoxy) is 1. The third kappa shape index (κ3) is 4.82. The van der Waals surface area contributed by atoms with Crippen molar-refractivity contribution in [2.75, 3.05) is 26.7 Å². The molecule has 1 aliphatic rings. The Hall–Kier alpha value is -1.10. The van der Waals surface area contributed by atoms with Crippen LogP contribution in [0.25, 0.3) is 0 Å². The molecule has 1 fully saturated rings. The molecular formula is C14H26N2O3. The lowest BCUT2D eigenvalue weighted by atomic mass is 9.93. The largest absolute Gasteiger partial charge is 0.469 e. The Labute approximate surface area is 115 Å². The second-order valence-corrected chi connectivity index (χ2v) is 5.47. The summed E-state index contributed by atoms with van der Waals surface area (Å²) in [4.78, 5) is 24.8. The van der Waals surface area contributed by atoms with Crippen molar-refractivity contribution < 1.29 is 14.3 Å². The first-order chi connectivity index (χ1) is 8.95. The van der Waals surface area contributed by atoms with Crippen molar-refractivity contribution in [3.8, 4) is 0 Å². The highest BCUT2D eigenvalue weighted by Crippen LogP contribution is 2.21. The molecule has 0 radical (unpaired) electrons. The van der Waals surface area contributed by atoms with Gasteiger partial charge in [0, 0.05) is 19.5 Å². The van der Waals surface area contributed by atoms with Crippen molar-refractivity contribution in [2.24, 2.45) is 11.8 Å². The Kier molecular flexibility index (Phi) is 6.28. The summed E-state index contributed by atoms with van der Waals surface area (Å²) in [6.07, 6.45) is 2.14. The zero-order chi connectivity index (χ0) is 14.4. The minimum absolute atomic E-state index is 0.0371. The maximum Gasteiger partial charge on any atom is 0.309 e. The van der Waals surface area contributed by atoms with E-state index in [1.165, 1.54) is 7.11 Å². The predicted octanol–water partition coefficient (Wildman–Crippen LogP) is 1.03. The van der Waals surface area contributed by atoms with Crippen LogP contribution in [-0.4, -0.2) is 49.6 Å². The molecule has 0 saturated carbocycles. The molecule has 0 aromatic heterocycles. The van der Waals surface area contributed by atoms with E-state index in [0.29, 0.717) is 5.92 Å². The number of piperidine rings is 1. The maximum absolute atomic E-state index is 11.5. The van der Waals surface area contributed by atoms with Crippen LogP contribution in [0.1, 0.15) is 33.6 Å². The molecule has 5 nitrogen and oxygen atoms in total. The van der Waals surface area contributed by atoms with E-state index >= 15 is 0 Å². The van der Waals surface area contributed by atoms with Crippen molar-refractivity contribution in [3.63, 3.8) is 0 Å². The number of likely N-dealkylation sites (tertiary alicyclic amines) is 1. The quantitative estimate of drug-likeness (QED) is 0.758. The van der Waals surface area contributed by atoms with Crippen LogP contribution in [0.3, 0.4) is 0 Å². The number of hydrogen-bond donors (Lipinski definition) is 1. The molecule has 0 aromatic rings. The predicted molar refractivity (Wildman–Crippen MR) is 73.6 cm³/mol. The van der Waals surface area contributed by atoms with E-state index in [9.17, 15) is 9.59 Å². The van der Waals surface area contributed by atoms with Crippen LogP contribution < -0.4 is 5.32 Å². The average molecular weight is 270 g/mol. The molecule has 2 atom stereocenters. The summed E-state index contributed by atoms with van der Waals surface area (Å²) in [5.41, 5.74) is 0. The van der Waals surface area contributed by atoms with E-state index in [0.717, 1.165) is 32.5 Å². The molecule has 5 heteroatoms. The molecule has 1 rings (SSSR count). The van der Waals surface area contributed by atoms with Gasteiger partial charge in [-0.25, -0.2) is 0 Å². The van der Waals surface area contributed by atoms with Crippen molar-refractivity contribution in [3.05, 3.63) is 0 Å². The van der Waals surface area contributed by atoms with Crippen LogP contribution in [0.5, 0.6) is 0 Å². The second kappa shape index (κ2) is 7.48. The number of methoxy groups -OCH3 is 1. The number of nitrogens with zero attached hydrogens (tertiary/aromatic N) is 1. The molecule has 1 heterocycles. The topological polar surface area (TPSA) is 58.6 Å².